The zero-order chi connectivity index (χ0) is 21.0. The second-order valence-corrected chi connectivity index (χ2v) is 9.12. The zero-order valence-corrected chi connectivity index (χ0v) is 18.1. The third kappa shape index (κ3) is 4.63. The second-order valence-electron chi connectivity index (χ2n) is 9.12. The van der Waals surface area contributed by atoms with E-state index in [1.807, 2.05) is 28.9 Å². The Labute approximate surface area is 183 Å². The Hall–Kier alpha value is -2.76. The minimum atomic E-state index is 0.326. The van der Waals surface area contributed by atoms with Gasteiger partial charge in [-0.2, -0.15) is 5.10 Å². The molecule has 0 unspecified atom stereocenters. The average Bonchev–Trinajstić information content (AvgIpc) is 3.27. The Kier molecular flexibility index (Phi) is 5.96. The van der Waals surface area contributed by atoms with Gasteiger partial charge in [0.2, 0.25) is 5.91 Å². The molecule has 1 saturated heterocycles. The highest BCUT2D eigenvalue weighted by Gasteiger charge is 2.27. The molecular weight excluding hydrogens is 386 g/mol. The molecule has 3 aromatic heterocycles. The van der Waals surface area contributed by atoms with Crippen molar-refractivity contribution in [3.8, 4) is 11.1 Å². The number of piperidine rings is 1. The molecule has 0 radical (unpaired) electrons. The standard InChI is InChI=1S/C25H31N5O/c31-24(9-6-19-4-2-1-3-5-19)29-16-12-21(13-17-29)25-27-23-8-7-22(18-30(23)28-25)20-10-14-26-15-11-20/h7-8,10-11,14-15,18-19,21H,1-6,9,12-13,16-17H2. The van der Waals surface area contributed by atoms with E-state index in [2.05, 4.69) is 16.0 Å². The van der Waals surface area contributed by atoms with Crippen LogP contribution in [0.4, 0.5) is 0 Å². The predicted octanol–water partition coefficient (Wildman–Crippen LogP) is 4.86. The van der Waals surface area contributed by atoms with Crippen molar-refractivity contribution >= 4 is 11.6 Å². The Morgan fingerprint density at radius 3 is 2.48 bits per heavy atom. The van der Waals surface area contributed by atoms with Crippen LogP contribution >= 0.6 is 0 Å². The molecule has 4 heterocycles. The molecule has 1 saturated carbocycles. The van der Waals surface area contributed by atoms with Gasteiger partial charge >= 0.3 is 0 Å². The SMILES string of the molecule is O=C(CCC1CCCCC1)N1CCC(c2nc3ccc(-c4ccncc4)cn3n2)CC1. The van der Waals surface area contributed by atoms with E-state index in [0.717, 1.165) is 67.3 Å². The van der Waals surface area contributed by atoms with Crippen molar-refractivity contribution in [3.05, 3.63) is 48.7 Å². The van der Waals surface area contributed by atoms with Crippen molar-refractivity contribution < 1.29 is 4.79 Å². The summed E-state index contributed by atoms with van der Waals surface area (Å²) in [7, 11) is 0. The quantitative estimate of drug-likeness (QED) is 0.595. The number of amides is 1. The fraction of sp³-hybridized carbons (Fsp3) is 0.520. The van der Waals surface area contributed by atoms with Gasteiger partial charge in [0.05, 0.1) is 0 Å². The van der Waals surface area contributed by atoms with Gasteiger partial charge in [0, 0.05) is 49.6 Å². The van der Waals surface area contributed by atoms with E-state index >= 15 is 0 Å². The summed E-state index contributed by atoms with van der Waals surface area (Å²) in [5.74, 6) is 2.34. The Morgan fingerprint density at radius 2 is 1.71 bits per heavy atom. The Morgan fingerprint density at radius 1 is 0.935 bits per heavy atom. The van der Waals surface area contributed by atoms with E-state index in [-0.39, 0.29) is 0 Å². The van der Waals surface area contributed by atoms with E-state index < -0.39 is 0 Å². The maximum Gasteiger partial charge on any atom is 0.222 e. The highest BCUT2D eigenvalue weighted by atomic mass is 16.2. The van der Waals surface area contributed by atoms with Gasteiger partial charge < -0.3 is 4.90 Å². The maximum absolute atomic E-state index is 12.7. The van der Waals surface area contributed by atoms with Gasteiger partial charge in [-0.3, -0.25) is 9.78 Å². The Bertz CT molecular complexity index is 1020. The lowest BCUT2D eigenvalue weighted by Crippen LogP contribution is -2.38. The first-order valence-electron chi connectivity index (χ1n) is 11.8. The molecule has 1 amide bonds. The van der Waals surface area contributed by atoms with Crippen LogP contribution in [0.25, 0.3) is 16.8 Å². The van der Waals surface area contributed by atoms with Crippen LogP contribution in [0.3, 0.4) is 0 Å². The molecule has 6 nitrogen and oxygen atoms in total. The van der Waals surface area contributed by atoms with Crippen LogP contribution in [0, 0.1) is 5.92 Å². The van der Waals surface area contributed by atoms with Crippen molar-refractivity contribution in [2.75, 3.05) is 13.1 Å². The lowest BCUT2D eigenvalue weighted by atomic mass is 9.86. The summed E-state index contributed by atoms with van der Waals surface area (Å²) in [6.07, 6.45) is 16.0. The van der Waals surface area contributed by atoms with Gasteiger partial charge in [-0.1, -0.05) is 32.1 Å². The van der Waals surface area contributed by atoms with Crippen molar-refractivity contribution in [3.63, 3.8) is 0 Å². The van der Waals surface area contributed by atoms with Crippen LogP contribution in [0.15, 0.2) is 42.9 Å². The topological polar surface area (TPSA) is 63.4 Å². The number of rotatable bonds is 5. The molecule has 0 aromatic carbocycles. The molecule has 6 heteroatoms. The van der Waals surface area contributed by atoms with Gasteiger partial charge in [-0.25, -0.2) is 9.50 Å². The minimum Gasteiger partial charge on any atom is -0.343 e. The summed E-state index contributed by atoms with van der Waals surface area (Å²) in [5.41, 5.74) is 3.09. The molecule has 0 bridgehead atoms. The first-order chi connectivity index (χ1) is 15.3. The van der Waals surface area contributed by atoms with Crippen molar-refractivity contribution in [1.82, 2.24) is 24.5 Å². The van der Waals surface area contributed by atoms with Gasteiger partial charge in [0.25, 0.3) is 0 Å². The van der Waals surface area contributed by atoms with E-state index in [4.69, 9.17) is 10.1 Å². The summed E-state index contributed by atoms with van der Waals surface area (Å²) >= 11 is 0. The van der Waals surface area contributed by atoms with Crippen molar-refractivity contribution in [1.29, 1.82) is 0 Å². The molecule has 0 spiro atoms. The van der Waals surface area contributed by atoms with Crippen LogP contribution in [0.2, 0.25) is 0 Å². The van der Waals surface area contributed by atoms with E-state index in [0.29, 0.717) is 11.8 Å². The normalized spacial score (nSPS) is 18.5. The predicted molar refractivity (Wildman–Crippen MR) is 121 cm³/mol. The summed E-state index contributed by atoms with van der Waals surface area (Å²) in [6.45, 7) is 1.65. The summed E-state index contributed by atoms with van der Waals surface area (Å²) in [4.78, 5) is 23.6. The number of hydrogen-bond acceptors (Lipinski definition) is 4. The number of carbonyl (C=O) groups excluding carboxylic acids is 1. The van der Waals surface area contributed by atoms with E-state index in [9.17, 15) is 4.79 Å². The minimum absolute atomic E-state index is 0.326. The largest absolute Gasteiger partial charge is 0.343 e. The van der Waals surface area contributed by atoms with Gasteiger partial charge in [-0.15, -0.1) is 0 Å². The van der Waals surface area contributed by atoms with Crippen molar-refractivity contribution in [2.45, 2.75) is 63.7 Å². The number of fused-ring (bicyclic) bond motifs is 1. The van der Waals surface area contributed by atoms with E-state index in [1.54, 1.807) is 12.4 Å². The second kappa shape index (κ2) is 9.16. The third-order valence-electron chi connectivity index (χ3n) is 7.07. The average molecular weight is 418 g/mol. The highest BCUT2D eigenvalue weighted by molar-refractivity contribution is 5.76. The molecule has 1 aliphatic carbocycles. The molecule has 2 fully saturated rings. The van der Waals surface area contributed by atoms with Gasteiger partial charge in [0.15, 0.2) is 11.5 Å². The molecule has 3 aromatic rings. The van der Waals surface area contributed by atoms with Crippen LogP contribution < -0.4 is 0 Å². The molecule has 31 heavy (non-hydrogen) atoms. The van der Waals surface area contributed by atoms with E-state index in [1.165, 1.54) is 32.1 Å². The smallest absolute Gasteiger partial charge is 0.222 e. The summed E-state index contributed by atoms with van der Waals surface area (Å²) in [6, 6.07) is 8.10. The van der Waals surface area contributed by atoms with Gasteiger partial charge in [-0.05, 0) is 55.0 Å². The van der Waals surface area contributed by atoms with Crippen LogP contribution in [-0.4, -0.2) is 43.5 Å². The monoisotopic (exact) mass is 417 g/mol. The molecule has 0 atom stereocenters. The molecule has 1 aliphatic heterocycles. The highest BCUT2D eigenvalue weighted by Crippen LogP contribution is 2.30. The maximum atomic E-state index is 12.7. The number of nitrogens with zero attached hydrogens (tertiary/aromatic N) is 5. The third-order valence-corrected chi connectivity index (χ3v) is 7.07. The lowest BCUT2D eigenvalue weighted by molar-refractivity contribution is -0.132. The number of hydrogen-bond donors (Lipinski definition) is 0. The fourth-order valence-corrected chi connectivity index (χ4v) is 5.14. The lowest BCUT2D eigenvalue weighted by Gasteiger charge is -2.31. The van der Waals surface area contributed by atoms with Crippen LogP contribution in [-0.2, 0) is 4.79 Å². The number of aromatic nitrogens is 4. The summed E-state index contributed by atoms with van der Waals surface area (Å²) < 4.78 is 1.88. The molecular formula is C25H31N5O. The van der Waals surface area contributed by atoms with Gasteiger partial charge in [0.1, 0.15) is 0 Å². The Balaban J connectivity index is 1.18. The van der Waals surface area contributed by atoms with Crippen LogP contribution in [0.5, 0.6) is 0 Å². The fourth-order valence-electron chi connectivity index (χ4n) is 5.14. The molecule has 0 N–H and O–H groups in total. The summed E-state index contributed by atoms with van der Waals surface area (Å²) in [5, 5.41) is 4.78. The first kappa shape index (κ1) is 20.2. The number of carbonyl (C=O) groups is 1. The molecule has 5 rings (SSSR count). The molecule has 162 valence electrons. The number of pyridine rings is 2. The number of likely N-dealkylation sites (tertiary alicyclic amines) is 1. The zero-order valence-electron chi connectivity index (χ0n) is 18.1. The van der Waals surface area contributed by atoms with Crippen LogP contribution in [0.1, 0.15) is 69.5 Å². The first-order valence-corrected chi connectivity index (χ1v) is 11.8. The van der Waals surface area contributed by atoms with Crippen molar-refractivity contribution in [2.24, 2.45) is 5.92 Å². The molecule has 2 aliphatic rings.